The van der Waals surface area contributed by atoms with Gasteiger partial charge in [0.05, 0.1) is 13.5 Å². The van der Waals surface area contributed by atoms with Gasteiger partial charge in [0.25, 0.3) is 0 Å². The molecule has 0 atom stereocenters. The standard InChI is InChI=1S/C21H26N2O3/c1-25-19-8-4-17(5-9-19)21(10-12-26-13-11-21)15-23-20(24)14-16-2-6-18(22)7-3-16/h2-9H,10-15,22H2,1H3,(H,23,24). The summed E-state index contributed by atoms with van der Waals surface area (Å²) in [5, 5.41) is 3.13. The van der Waals surface area contributed by atoms with Crippen molar-refractivity contribution in [3.63, 3.8) is 0 Å². The Morgan fingerprint density at radius 3 is 2.38 bits per heavy atom. The molecule has 0 aliphatic carbocycles. The molecule has 1 heterocycles. The molecule has 1 saturated heterocycles. The van der Waals surface area contributed by atoms with E-state index in [4.69, 9.17) is 15.2 Å². The van der Waals surface area contributed by atoms with Gasteiger partial charge in [0, 0.05) is 30.9 Å². The zero-order valence-corrected chi connectivity index (χ0v) is 15.2. The fraction of sp³-hybridized carbons (Fsp3) is 0.381. The van der Waals surface area contributed by atoms with Crippen LogP contribution >= 0.6 is 0 Å². The van der Waals surface area contributed by atoms with Gasteiger partial charge in [-0.05, 0) is 48.2 Å². The van der Waals surface area contributed by atoms with Crippen molar-refractivity contribution in [2.24, 2.45) is 0 Å². The molecule has 0 unspecified atom stereocenters. The maximum Gasteiger partial charge on any atom is 0.224 e. The summed E-state index contributed by atoms with van der Waals surface area (Å²) >= 11 is 0. The summed E-state index contributed by atoms with van der Waals surface area (Å²) in [6, 6.07) is 15.6. The van der Waals surface area contributed by atoms with Gasteiger partial charge in [-0.1, -0.05) is 24.3 Å². The van der Waals surface area contributed by atoms with Crippen LogP contribution in [0.25, 0.3) is 0 Å². The Balaban J connectivity index is 1.67. The van der Waals surface area contributed by atoms with Crippen LogP contribution in [0.2, 0.25) is 0 Å². The van der Waals surface area contributed by atoms with Crippen molar-refractivity contribution in [1.82, 2.24) is 5.32 Å². The highest BCUT2D eigenvalue weighted by atomic mass is 16.5. The fourth-order valence-corrected chi connectivity index (χ4v) is 3.43. The van der Waals surface area contributed by atoms with Crippen LogP contribution in [0.5, 0.6) is 5.75 Å². The van der Waals surface area contributed by atoms with Gasteiger partial charge < -0.3 is 20.5 Å². The summed E-state index contributed by atoms with van der Waals surface area (Å²) in [6.45, 7) is 2.02. The third-order valence-electron chi connectivity index (χ3n) is 5.12. The number of carbonyl (C=O) groups is 1. The number of hydrogen-bond acceptors (Lipinski definition) is 4. The number of nitrogens with two attached hydrogens (primary N) is 1. The first kappa shape index (κ1) is 18.3. The zero-order chi connectivity index (χ0) is 18.4. The number of anilines is 1. The van der Waals surface area contributed by atoms with Crippen LogP contribution in [0.15, 0.2) is 48.5 Å². The third kappa shape index (κ3) is 4.35. The minimum absolute atomic E-state index is 0.0224. The van der Waals surface area contributed by atoms with Gasteiger partial charge in [0.1, 0.15) is 5.75 Å². The molecule has 1 aliphatic rings. The molecule has 1 amide bonds. The molecule has 0 saturated carbocycles. The fourth-order valence-electron chi connectivity index (χ4n) is 3.43. The molecule has 0 aromatic heterocycles. The molecule has 0 radical (unpaired) electrons. The summed E-state index contributed by atoms with van der Waals surface area (Å²) in [5.41, 5.74) is 8.48. The highest BCUT2D eigenvalue weighted by Crippen LogP contribution is 2.35. The monoisotopic (exact) mass is 354 g/mol. The highest BCUT2D eigenvalue weighted by Gasteiger charge is 2.34. The van der Waals surface area contributed by atoms with E-state index >= 15 is 0 Å². The van der Waals surface area contributed by atoms with E-state index in [1.54, 1.807) is 7.11 Å². The topological polar surface area (TPSA) is 73.6 Å². The van der Waals surface area contributed by atoms with Gasteiger partial charge in [-0.15, -0.1) is 0 Å². The molecular formula is C21H26N2O3. The SMILES string of the molecule is COc1ccc(C2(CNC(=O)Cc3ccc(N)cc3)CCOCC2)cc1. The Morgan fingerprint density at radius 1 is 1.12 bits per heavy atom. The highest BCUT2D eigenvalue weighted by molar-refractivity contribution is 5.78. The van der Waals surface area contributed by atoms with Gasteiger partial charge in [0.2, 0.25) is 5.91 Å². The number of hydrogen-bond donors (Lipinski definition) is 2. The second-order valence-electron chi connectivity index (χ2n) is 6.82. The molecule has 2 aromatic carbocycles. The lowest BCUT2D eigenvalue weighted by atomic mass is 9.74. The molecule has 3 N–H and O–H groups in total. The molecular weight excluding hydrogens is 328 g/mol. The van der Waals surface area contributed by atoms with Crippen molar-refractivity contribution < 1.29 is 14.3 Å². The molecule has 0 spiro atoms. The minimum Gasteiger partial charge on any atom is -0.497 e. The smallest absolute Gasteiger partial charge is 0.224 e. The number of ether oxygens (including phenoxy) is 2. The summed E-state index contributed by atoms with van der Waals surface area (Å²) in [7, 11) is 1.66. The quantitative estimate of drug-likeness (QED) is 0.782. The predicted octanol–water partition coefficient (Wildman–Crippen LogP) is 2.68. The molecule has 1 fully saturated rings. The number of amides is 1. The van der Waals surface area contributed by atoms with Gasteiger partial charge in [-0.3, -0.25) is 4.79 Å². The van der Waals surface area contributed by atoms with Crippen LogP contribution in [-0.2, 0) is 21.4 Å². The maximum atomic E-state index is 12.4. The van der Waals surface area contributed by atoms with Crippen LogP contribution < -0.4 is 15.8 Å². The lowest BCUT2D eigenvalue weighted by Gasteiger charge is -2.38. The first-order valence-electron chi connectivity index (χ1n) is 8.95. The second kappa shape index (κ2) is 8.23. The number of rotatable bonds is 6. The molecule has 1 aliphatic heterocycles. The average Bonchev–Trinajstić information content (AvgIpc) is 2.69. The summed E-state index contributed by atoms with van der Waals surface area (Å²) in [4.78, 5) is 12.4. The van der Waals surface area contributed by atoms with Gasteiger partial charge >= 0.3 is 0 Å². The van der Waals surface area contributed by atoms with Crippen LogP contribution in [-0.4, -0.2) is 32.8 Å². The number of nitrogen functional groups attached to an aromatic ring is 1. The van der Waals surface area contributed by atoms with Gasteiger partial charge in [-0.25, -0.2) is 0 Å². The van der Waals surface area contributed by atoms with Crippen LogP contribution in [0.3, 0.4) is 0 Å². The van der Waals surface area contributed by atoms with Crippen molar-refractivity contribution in [3.05, 3.63) is 59.7 Å². The van der Waals surface area contributed by atoms with Gasteiger partial charge in [0.15, 0.2) is 0 Å². The molecule has 26 heavy (non-hydrogen) atoms. The Bertz CT molecular complexity index is 720. The number of carbonyl (C=O) groups excluding carboxylic acids is 1. The summed E-state index contributed by atoms with van der Waals surface area (Å²) in [5.74, 6) is 0.859. The number of methoxy groups -OCH3 is 1. The Kier molecular flexibility index (Phi) is 5.78. The maximum absolute atomic E-state index is 12.4. The first-order chi connectivity index (χ1) is 12.6. The third-order valence-corrected chi connectivity index (χ3v) is 5.12. The summed E-state index contributed by atoms with van der Waals surface area (Å²) < 4.78 is 10.8. The zero-order valence-electron chi connectivity index (χ0n) is 15.2. The minimum atomic E-state index is -0.0959. The molecule has 5 nitrogen and oxygen atoms in total. The van der Waals surface area contributed by atoms with E-state index in [9.17, 15) is 4.79 Å². The van der Waals surface area contributed by atoms with Crippen LogP contribution in [0.1, 0.15) is 24.0 Å². The van der Waals surface area contributed by atoms with E-state index in [-0.39, 0.29) is 11.3 Å². The van der Waals surface area contributed by atoms with Crippen molar-refractivity contribution in [3.8, 4) is 5.75 Å². The molecule has 0 bridgehead atoms. The Labute approximate surface area is 154 Å². The number of nitrogens with one attached hydrogen (secondary N) is 1. The van der Waals surface area contributed by atoms with Crippen molar-refractivity contribution in [2.75, 3.05) is 32.6 Å². The Morgan fingerprint density at radius 2 is 1.77 bits per heavy atom. The lowest BCUT2D eigenvalue weighted by Crippen LogP contribution is -2.45. The molecule has 138 valence electrons. The van der Waals surface area contributed by atoms with Crippen LogP contribution in [0, 0.1) is 0 Å². The second-order valence-corrected chi connectivity index (χ2v) is 6.82. The van der Waals surface area contributed by atoms with Gasteiger partial charge in [-0.2, -0.15) is 0 Å². The van der Waals surface area contributed by atoms with E-state index in [0.29, 0.717) is 31.9 Å². The van der Waals surface area contributed by atoms with Crippen molar-refractivity contribution >= 4 is 11.6 Å². The van der Waals surface area contributed by atoms with Crippen molar-refractivity contribution in [1.29, 1.82) is 0 Å². The average molecular weight is 354 g/mol. The van der Waals surface area contributed by atoms with E-state index in [1.165, 1.54) is 5.56 Å². The molecule has 5 heteroatoms. The van der Waals surface area contributed by atoms with E-state index in [2.05, 4.69) is 17.4 Å². The lowest BCUT2D eigenvalue weighted by molar-refractivity contribution is -0.120. The Hall–Kier alpha value is -2.53. The van der Waals surface area contributed by atoms with E-state index in [1.807, 2.05) is 36.4 Å². The van der Waals surface area contributed by atoms with Crippen molar-refractivity contribution in [2.45, 2.75) is 24.7 Å². The number of benzene rings is 2. The summed E-state index contributed by atoms with van der Waals surface area (Å²) in [6.07, 6.45) is 2.14. The van der Waals surface area contributed by atoms with E-state index < -0.39 is 0 Å². The normalized spacial score (nSPS) is 16.0. The largest absolute Gasteiger partial charge is 0.497 e. The first-order valence-corrected chi connectivity index (χ1v) is 8.95. The van der Waals surface area contributed by atoms with Crippen LogP contribution in [0.4, 0.5) is 5.69 Å². The predicted molar refractivity (Wildman–Crippen MR) is 102 cm³/mol. The molecule has 3 rings (SSSR count). The van der Waals surface area contributed by atoms with E-state index in [0.717, 1.165) is 24.2 Å². The molecule has 2 aromatic rings.